The number of halogens is 1. The van der Waals surface area contributed by atoms with E-state index in [9.17, 15) is 9.59 Å². The van der Waals surface area contributed by atoms with Gasteiger partial charge in [0.25, 0.3) is 0 Å². The molecule has 2 aliphatic rings. The molecule has 11 heteroatoms. The first-order valence-corrected chi connectivity index (χ1v) is 15.4. The lowest BCUT2D eigenvalue weighted by atomic mass is 9.90. The molecule has 4 amide bonds. The summed E-state index contributed by atoms with van der Waals surface area (Å²) < 4.78 is 1.92. The normalized spacial score (nSPS) is 18.0. The minimum Gasteiger partial charge on any atom is -0.336 e. The first-order valence-electron chi connectivity index (χ1n) is 15.0. The van der Waals surface area contributed by atoms with E-state index in [0.717, 1.165) is 33.7 Å². The smallest absolute Gasteiger partial charge is 0.317 e. The van der Waals surface area contributed by atoms with Gasteiger partial charge in [0.15, 0.2) is 0 Å². The van der Waals surface area contributed by atoms with Crippen LogP contribution in [-0.4, -0.2) is 73.7 Å². The number of aryl methyl sites for hydroxylation is 1. The Bertz CT molecular complexity index is 1560. The maximum atomic E-state index is 13.3. The zero-order valence-corrected chi connectivity index (χ0v) is 27.4. The first kappa shape index (κ1) is 31.5. The van der Waals surface area contributed by atoms with Gasteiger partial charge in [-0.3, -0.25) is 9.88 Å². The number of carbonyl (C=O) groups excluding carboxylic acids is 2. The van der Waals surface area contributed by atoms with Crippen molar-refractivity contribution in [2.45, 2.75) is 64.7 Å². The molecule has 0 spiro atoms. The van der Waals surface area contributed by atoms with Crippen LogP contribution in [0.4, 0.5) is 9.59 Å². The average Bonchev–Trinajstić information content (AvgIpc) is 3.30. The minimum absolute atomic E-state index is 0.0497. The quantitative estimate of drug-likeness (QED) is 0.364. The number of nitrogens with one attached hydrogen (secondary N) is 3. The molecule has 10 nitrogen and oxygen atoms in total. The second-order valence-corrected chi connectivity index (χ2v) is 14.1. The Hall–Kier alpha value is -3.89. The van der Waals surface area contributed by atoms with Gasteiger partial charge >= 0.3 is 12.1 Å². The average molecular weight is 619 g/mol. The van der Waals surface area contributed by atoms with Crippen molar-refractivity contribution in [2.75, 3.05) is 26.2 Å². The van der Waals surface area contributed by atoms with Crippen molar-refractivity contribution < 1.29 is 9.59 Å². The Morgan fingerprint density at radius 1 is 1.00 bits per heavy atom. The number of amides is 4. The summed E-state index contributed by atoms with van der Waals surface area (Å²) in [5.41, 5.74) is 4.82. The van der Waals surface area contributed by atoms with E-state index in [2.05, 4.69) is 44.0 Å². The van der Waals surface area contributed by atoms with Crippen molar-refractivity contribution >= 4 is 35.3 Å². The molecular weight excluding hydrogens is 576 g/mol. The maximum Gasteiger partial charge on any atom is 0.317 e. The lowest BCUT2D eigenvalue weighted by Crippen LogP contribution is -2.55. The molecule has 0 radical (unpaired) electrons. The number of imidazole rings is 1. The Morgan fingerprint density at radius 2 is 1.70 bits per heavy atom. The molecule has 1 aromatic carbocycles. The number of urea groups is 2. The molecule has 1 fully saturated rings. The summed E-state index contributed by atoms with van der Waals surface area (Å²) in [7, 11) is 1.92. The van der Waals surface area contributed by atoms with Crippen LogP contribution in [0, 0.1) is 0 Å². The Morgan fingerprint density at radius 3 is 2.34 bits per heavy atom. The van der Waals surface area contributed by atoms with Crippen LogP contribution in [0.3, 0.4) is 0 Å². The lowest BCUT2D eigenvalue weighted by Gasteiger charge is -2.40. The van der Waals surface area contributed by atoms with Gasteiger partial charge in [-0.2, -0.15) is 0 Å². The van der Waals surface area contributed by atoms with E-state index < -0.39 is 11.6 Å². The zero-order chi connectivity index (χ0) is 31.8. The fourth-order valence-electron chi connectivity index (χ4n) is 5.85. The summed E-state index contributed by atoms with van der Waals surface area (Å²) >= 11 is 6.68. The van der Waals surface area contributed by atoms with Crippen LogP contribution < -0.4 is 16.0 Å². The number of fused-ring (bicyclic) bond motifs is 2. The molecule has 1 saturated heterocycles. The molecule has 44 heavy (non-hydrogen) atoms. The SMILES string of the molecule is Cn1cncc1C(NC(=O)NC(C)(C)C)C1=Cc2cccnc2C(N2CCN(C(=O)NC(C)(C)C)CC2)c2ccc(Cl)cc21. The highest BCUT2D eigenvalue weighted by Gasteiger charge is 2.36. The highest BCUT2D eigenvalue weighted by atomic mass is 35.5. The molecule has 2 aromatic heterocycles. The van der Waals surface area contributed by atoms with Gasteiger partial charge in [0.1, 0.15) is 0 Å². The number of nitrogens with zero attached hydrogens (tertiary/aromatic N) is 5. The van der Waals surface area contributed by atoms with Gasteiger partial charge in [0, 0.05) is 55.5 Å². The minimum atomic E-state index is -0.535. The summed E-state index contributed by atoms with van der Waals surface area (Å²) in [6.45, 7) is 14.3. The van der Waals surface area contributed by atoms with Crippen molar-refractivity contribution in [1.82, 2.24) is 40.3 Å². The van der Waals surface area contributed by atoms with Crippen LogP contribution in [0.2, 0.25) is 5.02 Å². The highest BCUT2D eigenvalue weighted by Crippen LogP contribution is 2.44. The van der Waals surface area contributed by atoms with Crippen LogP contribution in [0.5, 0.6) is 0 Å². The summed E-state index contributed by atoms with van der Waals surface area (Å²) in [6, 6.07) is 8.88. The molecule has 3 N–H and O–H groups in total. The van der Waals surface area contributed by atoms with Gasteiger partial charge in [-0.05, 0) is 88.1 Å². The van der Waals surface area contributed by atoms with Crippen LogP contribution in [0.15, 0.2) is 49.1 Å². The molecule has 3 aromatic rings. The van der Waals surface area contributed by atoms with Gasteiger partial charge in [0.05, 0.1) is 36.0 Å². The molecule has 0 bridgehead atoms. The standard InChI is InChI=1S/C33H43ClN8O2/c1-32(2,3)38-30(43)37-28(26-19-35-20-40(26)7)25-17-21-9-8-12-36-27(21)29(23-11-10-22(34)18-24(23)25)41-13-15-42(16-14-41)31(44)39-33(4,5)6/h8-12,17-20,28-29H,13-16H2,1-7H3,(H,39,44)(H2,37,38,43). The van der Waals surface area contributed by atoms with E-state index in [1.807, 2.05) is 82.5 Å². The molecular formula is C33H43ClN8O2. The molecule has 1 aliphatic heterocycles. The number of hydrogen-bond acceptors (Lipinski definition) is 5. The van der Waals surface area contributed by atoms with Crippen molar-refractivity contribution in [3.05, 3.63) is 82.2 Å². The number of hydrogen-bond donors (Lipinski definition) is 3. The number of rotatable bonds is 4. The largest absolute Gasteiger partial charge is 0.336 e. The Balaban J connectivity index is 1.58. The summed E-state index contributed by atoms with van der Waals surface area (Å²) in [5.74, 6) is 0. The summed E-state index contributed by atoms with van der Waals surface area (Å²) in [4.78, 5) is 39.8. The molecule has 0 saturated carbocycles. The van der Waals surface area contributed by atoms with Crippen LogP contribution in [0.1, 0.15) is 81.7 Å². The number of benzene rings is 1. The van der Waals surface area contributed by atoms with E-state index in [1.165, 1.54) is 0 Å². The van der Waals surface area contributed by atoms with E-state index in [1.54, 1.807) is 12.5 Å². The van der Waals surface area contributed by atoms with Crippen LogP contribution in [-0.2, 0) is 7.05 Å². The third-order valence-corrected chi connectivity index (χ3v) is 7.97. The molecule has 234 valence electrons. The number of piperazine rings is 1. The highest BCUT2D eigenvalue weighted by molar-refractivity contribution is 6.30. The molecule has 3 heterocycles. The number of pyridine rings is 1. The predicted octanol–water partition coefficient (Wildman–Crippen LogP) is 5.38. The van der Waals surface area contributed by atoms with E-state index >= 15 is 0 Å². The monoisotopic (exact) mass is 618 g/mol. The molecule has 2 atom stereocenters. The topological polar surface area (TPSA) is 107 Å². The van der Waals surface area contributed by atoms with Crippen molar-refractivity contribution in [2.24, 2.45) is 7.05 Å². The van der Waals surface area contributed by atoms with Crippen molar-refractivity contribution in [1.29, 1.82) is 0 Å². The van der Waals surface area contributed by atoms with Crippen LogP contribution >= 0.6 is 11.6 Å². The maximum absolute atomic E-state index is 13.3. The van der Waals surface area contributed by atoms with Crippen molar-refractivity contribution in [3.8, 4) is 0 Å². The van der Waals surface area contributed by atoms with Crippen molar-refractivity contribution in [3.63, 3.8) is 0 Å². The van der Waals surface area contributed by atoms with Crippen LogP contribution in [0.25, 0.3) is 11.6 Å². The molecule has 5 rings (SSSR count). The van der Waals surface area contributed by atoms with E-state index in [-0.39, 0.29) is 23.6 Å². The fourth-order valence-corrected chi connectivity index (χ4v) is 6.02. The van der Waals surface area contributed by atoms with Gasteiger partial charge in [-0.15, -0.1) is 0 Å². The number of aromatic nitrogens is 3. The predicted molar refractivity (Wildman–Crippen MR) is 174 cm³/mol. The second kappa shape index (κ2) is 12.2. The zero-order valence-electron chi connectivity index (χ0n) is 26.6. The number of carbonyl (C=O) groups is 2. The lowest BCUT2D eigenvalue weighted by molar-refractivity contribution is 0.115. The summed E-state index contributed by atoms with van der Waals surface area (Å²) in [5, 5.41) is 9.95. The third-order valence-electron chi connectivity index (χ3n) is 7.74. The van der Waals surface area contributed by atoms with Gasteiger partial charge < -0.3 is 25.4 Å². The van der Waals surface area contributed by atoms with Gasteiger partial charge in [0.2, 0.25) is 0 Å². The molecule has 1 aliphatic carbocycles. The summed E-state index contributed by atoms with van der Waals surface area (Å²) in [6.07, 6.45) is 7.44. The van der Waals surface area contributed by atoms with E-state index in [0.29, 0.717) is 31.2 Å². The van der Waals surface area contributed by atoms with E-state index in [4.69, 9.17) is 16.6 Å². The second-order valence-electron chi connectivity index (χ2n) is 13.6. The molecule has 2 unspecified atom stereocenters. The third kappa shape index (κ3) is 7.08. The van der Waals surface area contributed by atoms with Gasteiger partial charge in [-0.25, -0.2) is 14.6 Å². The Kier molecular flexibility index (Phi) is 8.77. The first-order chi connectivity index (χ1) is 20.7. The Labute approximate surface area is 264 Å². The van der Waals surface area contributed by atoms with Gasteiger partial charge in [-0.1, -0.05) is 23.7 Å². The fraction of sp³-hybridized carbons (Fsp3) is 0.455.